The molecule has 0 fully saturated rings. The summed E-state index contributed by atoms with van der Waals surface area (Å²) in [4.78, 5) is 17.1. The van der Waals surface area contributed by atoms with Crippen LogP contribution in [0.25, 0.3) is 0 Å². The average molecular weight is 312 g/mol. The Bertz CT molecular complexity index is 866. The van der Waals surface area contributed by atoms with Crippen molar-refractivity contribution in [3.8, 4) is 0 Å². The summed E-state index contributed by atoms with van der Waals surface area (Å²) in [5.41, 5.74) is 9.30. The van der Waals surface area contributed by atoms with Gasteiger partial charge in [0.25, 0.3) is 5.56 Å². The number of nitrogens with one attached hydrogen (secondary N) is 2. The van der Waals surface area contributed by atoms with Crippen LogP contribution < -0.4 is 16.6 Å². The van der Waals surface area contributed by atoms with Gasteiger partial charge in [0.1, 0.15) is 0 Å². The molecule has 120 valence electrons. The Hall–Kier alpha value is -2.57. The molecule has 7 heteroatoms. The molecule has 0 saturated heterocycles. The second-order valence-electron chi connectivity index (χ2n) is 6.39. The first-order valence-corrected chi connectivity index (χ1v) is 7.95. The van der Waals surface area contributed by atoms with Crippen molar-refractivity contribution in [2.45, 2.75) is 39.4 Å². The van der Waals surface area contributed by atoms with Crippen molar-refractivity contribution in [3.63, 3.8) is 0 Å². The SMILES string of the molecule is CC1NC2=C(C(=N)C=C/C2=N\c2c(N)n3n(c2=O)CCC3)C1C. The summed E-state index contributed by atoms with van der Waals surface area (Å²) >= 11 is 0. The summed E-state index contributed by atoms with van der Waals surface area (Å²) in [5, 5.41) is 11.5. The number of rotatable bonds is 1. The summed E-state index contributed by atoms with van der Waals surface area (Å²) in [6.45, 7) is 5.63. The predicted molar refractivity (Wildman–Crippen MR) is 90.5 cm³/mol. The summed E-state index contributed by atoms with van der Waals surface area (Å²) < 4.78 is 3.46. The number of hydrogen-bond donors (Lipinski definition) is 3. The van der Waals surface area contributed by atoms with E-state index in [0.29, 0.717) is 29.5 Å². The molecule has 1 aliphatic carbocycles. The molecule has 1 aromatic rings. The zero-order valence-electron chi connectivity index (χ0n) is 13.3. The number of nitrogens with two attached hydrogens (primary N) is 1. The Morgan fingerprint density at radius 3 is 2.78 bits per heavy atom. The Kier molecular flexibility index (Phi) is 2.88. The molecule has 23 heavy (non-hydrogen) atoms. The van der Waals surface area contributed by atoms with E-state index in [-0.39, 0.29) is 17.5 Å². The molecule has 2 atom stereocenters. The van der Waals surface area contributed by atoms with Crippen LogP contribution >= 0.6 is 0 Å². The quantitative estimate of drug-likeness (QED) is 0.679. The van der Waals surface area contributed by atoms with Gasteiger partial charge in [-0.1, -0.05) is 6.92 Å². The Morgan fingerprint density at radius 1 is 1.30 bits per heavy atom. The third-order valence-corrected chi connectivity index (χ3v) is 5.02. The van der Waals surface area contributed by atoms with Gasteiger partial charge in [0.15, 0.2) is 11.5 Å². The number of nitrogens with zero attached hydrogens (tertiary/aromatic N) is 3. The fourth-order valence-electron chi connectivity index (χ4n) is 3.58. The number of aliphatic imine (C=N–C) groups is 1. The van der Waals surface area contributed by atoms with E-state index in [1.54, 1.807) is 21.5 Å². The second kappa shape index (κ2) is 4.71. The minimum absolute atomic E-state index is 0.136. The normalized spacial score (nSPS) is 27.6. The Labute approximate surface area is 133 Å². The molecule has 4 N–H and O–H groups in total. The highest BCUT2D eigenvalue weighted by atomic mass is 16.1. The second-order valence-corrected chi connectivity index (χ2v) is 6.39. The molecule has 0 saturated carbocycles. The first-order chi connectivity index (χ1) is 11.0. The highest BCUT2D eigenvalue weighted by Gasteiger charge is 2.34. The standard InChI is InChI=1S/C16H20N6O/c1-8-9(2)19-13-11(5-4-10(17)12(8)13)20-14-15(18)21-6-3-7-22(21)16(14)23/h4-5,8-9,17,19H,3,6-7,18H2,1-2H3/b17-10?,20-11+. The number of aromatic nitrogens is 2. The van der Waals surface area contributed by atoms with Gasteiger partial charge in [-0.15, -0.1) is 0 Å². The van der Waals surface area contributed by atoms with Gasteiger partial charge in [-0.05, 0) is 25.5 Å². The van der Waals surface area contributed by atoms with E-state index in [1.165, 1.54) is 0 Å². The van der Waals surface area contributed by atoms with Gasteiger partial charge in [0, 0.05) is 30.6 Å². The highest BCUT2D eigenvalue weighted by molar-refractivity contribution is 6.24. The van der Waals surface area contributed by atoms with Crippen LogP contribution in [0.2, 0.25) is 0 Å². The lowest BCUT2D eigenvalue weighted by molar-refractivity contribution is 0.546. The number of nitrogen functional groups attached to an aromatic ring is 1. The summed E-state index contributed by atoms with van der Waals surface area (Å²) in [5.74, 6) is 0.667. The van der Waals surface area contributed by atoms with Crippen LogP contribution in [0.3, 0.4) is 0 Å². The molecule has 4 rings (SSSR count). The Balaban J connectivity index is 1.84. The zero-order chi connectivity index (χ0) is 16.3. The molecule has 1 aromatic heterocycles. The maximum Gasteiger partial charge on any atom is 0.294 e. The fourth-order valence-corrected chi connectivity index (χ4v) is 3.58. The number of fused-ring (bicyclic) bond motifs is 1. The van der Waals surface area contributed by atoms with Crippen LogP contribution in [0.5, 0.6) is 0 Å². The lowest BCUT2D eigenvalue weighted by Gasteiger charge is -2.14. The molecule has 0 radical (unpaired) electrons. The van der Waals surface area contributed by atoms with Crippen molar-refractivity contribution >= 4 is 22.9 Å². The van der Waals surface area contributed by atoms with Gasteiger partial charge < -0.3 is 16.5 Å². The zero-order valence-corrected chi connectivity index (χ0v) is 13.3. The topological polar surface area (TPSA) is 101 Å². The van der Waals surface area contributed by atoms with E-state index in [9.17, 15) is 4.79 Å². The summed E-state index contributed by atoms with van der Waals surface area (Å²) in [7, 11) is 0. The first-order valence-electron chi connectivity index (χ1n) is 7.95. The summed E-state index contributed by atoms with van der Waals surface area (Å²) in [6.07, 6.45) is 4.45. The van der Waals surface area contributed by atoms with Gasteiger partial charge >= 0.3 is 0 Å². The van der Waals surface area contributed by atoms with Crippen LogP contribution in [-0.2, 0) is 13.1 Å². The van der Waals surface area contributed by atoms with E-state index in [1.807, 2.05) is 0 Å². The van der Waals surface area contributed by atoms with E-state index in [2.05, 4.69) is 24.2 Å². The van der Waals surface area contributed by atoms with Crippen molar-refractivity contribution in [1.29, 1.82) is 5.41 Å². The first kappa shape index (κ1) is 14.0. The van der Waals surface area contributed by atoms with Crippen LogP contribution in [0.15, 0.2) is 33.2 Å². The van der Waals surface area contributed by atoms with E-state index in [4.69, 9.17) is 11.1 Å². The van der Waals surface area contributed by atoms with E-state index < -0.39 is 0 Å². The lowest BCUT2D eigenvalue weighted by atomic mass is 9.90. The largest absolute Gasteiger partial charge is 0.382 e. The molecule has 0 aromatic carbocycles. The maximum absolute atomic E-state index is 12.5. The van der Waals surface area contributed by atoms with Crippen LogP contribution in [0.1, 0.15) is 20.3 Å². The smallest absolute Gasteiger partial charge is 0.294 e. The van der Waals surface area contributed by atoms with Crippen molar-refractivity contribution in [1.82, 2.24) is 14.7 Å². The fraction of sp³-hybridized carbons (Fsp3) is 0.438. The number of anilines is 1. The van der Waals surface area contributed by atoms with Gasteiger partial charge in [-0.25, -0.2) is 9.67 Å². The molecule has 2 unspecified atom stereocenters. The minimum atomic E-state index is -0.136. The average Bonchev–Trinajstić information content (AvgIpc) is 3.17. The molecule has 3 heterocycles. The predicted octanol–water partition coefficient (Wildman–Crippen LogP) is 1.18. The molecular formula is C16H20N6O. The Morgan fingerprint density at radius 2 is 2.04 bits per heavy atom. The van der Waals surface area contributed by atoms with Gasteiger partial charge in [0.2, 0.25) is 0 Å². The van der Waals surface area contributed by atoms with Gasteiger partial charge in [-0.2, -0.15) is 0 Å². The molecule has 0 spiro atoms. The lowest BCUT2D eigenvalue weighted by Crippen LogP contribution is -2.25. The molecule has 0 amide bonds. The summed E-state index contributed by atoms with van der Waals surface area (Å²) in [6, 6.07) is 0.239. The van der Waals surface area contributed by atoms with E-state index in [0.717, 1.165) is 24.2 Å². The van der Waals surface area contributed by atoms with Crippen molar-refractivity contribution in [2.75, 3.05) is 5.73 Å². The van der Waals surface area contributed by atoms with Crippen molar-refractivity contribution in [2.24, 2.45) is 10.9 Å². The molecule has 2 aliphatic heterocycles. The molecule has 0 bridgehead atoms. The van der Waals surface area contributed by atoms with Crippen molar-refractivity contribution in [3.05, 3.63) is 33.8 Å². The highest BCUT2D eigenvalue weighted by Crippen LogP contribution is 2.32. The van der Waals surface area contributed by atoms with Crippen LogP contribution in [0.4, 0.5) is 11.5 Å². The van der Waals surface area contributed by atoms with Crippen LogP contribution in [0, 0.1) is 11.3 Å². The van der Waals surface area contributed by atoms with Crippen molar-refractivity contribution < 1.29 is 0 Å². The van der Waals surface area contributed by atoms with Gasteiger partial charge in [-0.3, -0.25) is 9.48 Å². The third-order valence-electron chi connectivity index (χ3n) is 5.02. The minimum Gasteiger partial charge on any atom is -0.382 e. The number of allylic oxidation sites excluding steroid dienone is 2. The number of hydrogen-bond acceptors (Lipinski definition) is 5. The monoisotopic (exact) mass is 312 g/mol. The van der Waals surface area contributed by atoms with E-state index >= 15 is 0 Å². The van der Waals surface area contributed by atoms with Crippen LogP contribution in [-0.4, -0.2) is 26.8 Å². The molecular weight excluding hydrogens is 292 g/mol. The third kappa shape index (κ3) is 1.85. The maximum atomic E-state index is 12.5. The molecule has 3 aliphatic rings. The molecule has 7 nitrogen and oxygen atoms in total. The van der Waals surface area contributed by atoms with Gasteiger partial charge in [0.05, 0.1) is 17.1 Å².